The standard InChI is InChI=1S/C13H17ClN2O4/c1-20-7-3-5-9(15)12(17)16-10-6-2-4-8(14)11(10)13(18)19/h2,4,6,9H,3,5,7,15H2,1H3,(H,16,17)(H,18,19). The molecule has 4 N–H and O–H groups in total. The van der Waals surface area contributed by atoms with E-state index in [1.165, 1.54) is 12.1 Å². The molecule has 0 aromatic heterocycles. The zero-order chi connectivity index (χ0) is 15.1. The van der Waals surface area contributed by atoms with E-state index in [1.54, 1.807) is 13.2 Å². The number of nitrogens with two attached hydrogens (primary N) is 1. The highest BCUT2D eigenvalue weighted by atomic mass is 35.5. The molecule has 110 valence electrons. The summed E-state index contributed by atoms with van der Waals surface area (Å²) in [5.41, 5.74) is 5.71. The molecule has 0 aliphatic carbocycles. The van der Waals surface area contributed by atoms with Gasteiger partial charge in [0.15, 0.2) is 0 Å². The first-order valence-electron chi connectivity index (χ1n) is 6.04. The van der Waals surface area contributed by atoms with E-state index >= 15 is 0 Å². The monoisotopic (exact) mass is 300 g/mol. The third kappa shape index (κ3) is 4.48. The summed E-state index contributed by atoms with van der Waals surface area (Å²) in [6, 6.07) is 3.74. The van der Waals surface area contributed by atoms with Gasteiger partial charge in [-0.1, -0.05) is 17.7 Å². The summed E-state index contributed by atoms with van der Waals surface area (Å²) >= 11 is 5.81. The van der Waals surface area contributed by atoms with Crippen LogP contribution in [0.4, 0.5) is 5.69 Å². The number of ether oxygens (including phenoxy) is 1. The second-order valence-electron chi connectivity index (χ2n) is 4.20. The van der Waals surface area contributed by atoms with E-state index in [2.05, 4.69) is 5.32 Å². The zero-order valence-electron chi connectivity index (χ0n) is 11.1. The predicted molar refractivity (Wildman–Crippen MR) is 76.1 cm³/mol. The number of nitrogens with one attached hydrogen (secondary N) is 1. The molecule has 0 saturated carbocycles. The normalized spacial score (nSPS) is 11.9. The molecule has 1 aromatic carbocycles. The molecule has 0 heterocycles. The summed E-state index contributed by atoms with van der Waals surface area (Å²) in [6.07, 6.45) is 1.09. The van der Waals surface area contributed by atoms with Gasteiger partial charge in [-0.05, 0) is 25.0 Å². The van der Waals surface area contributed by atoms with Crippen LogP contribution in [-0.2, 0) is 9.53 Å². The number of carboxylic acid groups (broad SMARTS) is 1. The summed E-state index contributed by atoms with van der Waals surface area (Å²) in [5, 5.41) is 11.6. The molecule has 1 atom stereocenters. The Morgan fingerprint density at radius 3 is 2.80 bits per heavy atom. The van der Waals surface area contributed by atoms with Crippen molar-refractivity contribution in [3.05, 3.63) is 28.8 Å². The molecule has 0 radical (unpaired) electrons. The number of benzene rings is 1. The summed E-state index contributed by atoms with van der Waals surface area (Å²) in [4.78, 5) is 23.0. The summed E-state index contributed by atoms with van der Waals surface area (Å²) < 4.78 is 4.87. The van der Waals surface area contributed by atoms with E-state index in [4.69, 9.17) is 27.2 Å². The van der Waals surface area contributed by atoms with Crippen LogP contribution in [0.5, 0.6) is 0 Å². The lowest BCUT2D eigenvalue weighted by atomic mass is 10.1. The topological polar surface area (TPSA) is 102 Å². The Balaban J connectivity index is 2.75. The minimum absolute atomic E-state index is 0.0586. The van der Waals surface area contributed by atoms with Gasteiger partial charge in [0.25, 0.3) is 0 Å². The number of hydrogen-bond donors (Lipinski definition) is 3. The highest BCUT2D eigenvalue weighted by Crippen LogP contribution is 2.24. The van der Waals surface area contributed by atoms with Crippen molar-refractivity contribution in [1.29, 1.82) is 0 Å². The van der Waals surface area contributed by atoms with Crippen molar-refractivity contribution in [2.75, 3.05) is 19.0 Å². The number of aromatic carboxylic acids is 1. The third-order valence-corrected chi connectivity index (χ3v) is 3.00. The van der Waals surface area contributed by atoms with Crippen molar-refractivity contribution in [2.24, 2.45) is 5.73 Å². The number of amides is 1. The lowest BCUT2D eigenvalue weighted by Gasteiger charge is -2.14. The van der Waals surface area contributed by atoms with Crippen molar-refractivity contribution < 1.29 is 19.4 Å². The average molecular weight is 301 g/mol. The van der Waals surface area contributed by atoms with Gasteiger partial charge in [-0.15, -0.1) is 0 Å². The highest BCUT2D eigenvalue weighted by molar-refractivity contribution is 6.34. The molecule has 20 heavy (non-hydrogen) atoms. The molecule has 0 aliphatic heterocycles. The number of rotatable bonds is 7. The fourth-order valence-corrected chi connectivity index (χ4v) is 1.91. The van der Waals surface area contributed by atoms with E-state index in [0.29, 0.717) is 19.4 Å². The van der Waals surface area contributed by atoms with Crippen LogP contribution in [0, 0.1) is 0 Å². The Bertz CT molecular complexity index is 493. The maximum atomic E-state index is 11.9. The van der Waals surface area contributed by atoms with Gasteiger partial charge in [0.1, 0.15) is 5.56 Å². The maximum absolute atomic E-state index is 11.9. The number of anilines is 1. The van der Waals surface area contributed by atoms with Gasteiger partial charge in [0, 0.05) is 13.7 Å². The largest absolute Gasteiger partial charge is 0.478 e. The number of carboxylic acids is 1. The Morgan fingerprint density at radius 2 is 2.20 bits per heavy atom. The van der Waals surface area contributed by atoms with Gasteiger partial charge in [-0.25, -0.2) is 4.79 Å². The number of hydrogen-bond acceptors (Lipinski definition) is 4. The molecule has 0 aliphatic rings. The van der Waals surface area contributed by atoms with Crippen molar-refractivity contribution in [2.45, 2.75) is 18.9 Å². The zero-order valence-corrected chi connectivity index (χ0v) is 11.8. The smallest absolute Gasteiger partial charge is 0.339 e. The highest BCUT2D eigenvalue weighted by Gasteiger charge is 2.19. The Morgan fingerprint density at radius 1 is 1.50 bits per heavy atom. The second kappa shape index (κ2) is 7.84. The van der Waals surface area contributed by atoms with E-state index < -0.39 is 17.9 Å². The molecule has 0 saturated heterocycles. The summed E-state index contributed by atoms with van der Waals surface area (Å²) in [5.74, 6) is -1.66. The minimum atomic E-state index is -1.21. The van der Waals surface area contributed by atoms with Crippen molar-refractivity contribution in [3.63, 3.8) is 0 Å². The van der Waals surface area contributed by atoms with Crippen LogP contribution in [0.15, 0.2) is 18.2 Å². The Labute approximate surface area is 121 Å². The van der Waals surface area contributed by atoms with Crippen molar-refractivity contribution >= 4 is 29.2 Å². The van der Waals surface area contributed by atoms with E-state index in [1.807, 2.05) is 0 Å². The van der Waals surface area contributed by atoms with E-state index in [-0.39, 0.29) is 16.3 Å². The predicted octanol–water partition coefficient (Wildman–Crippen LogP) is 1.73. The molecule has 7 heteroatoms. The lowest BCUT2D eigenvalue weighted by molar-refractivity contribution is -0.117. The molecule has 0 fully saturated rings. The van der Waals surface area contributed by atoms with Gasteiger partial charge < -0.3 is 20.9 Å². The van der Waals surface area contributed by atoms with Gasteiger partial charge >= 0.3 is 5.97 Å². The van der Waals surface area contributed by atoms with Gasteiger partial charge in [0.2, 0.25) is 5.91 Å². The minimum Gasteiger partial charge on any atom is -0.478 e. The number of methoxy groups -OCH3 is 1. The summed E-state index contributed by atoms with van der Waals surface area (Å²) in [6.45, 7) is 0.512. The third-order valence-electron chi connectivity index (χ3n) is 2.69. The average Bonchev–Trinajstić information content (AvgIpc) is 2.38. The molecule has 6 nitrogen and oxygen atoms in total. The number of carbonyl (C=O) groups excluding carboxylic acids is 1. The van der Waals surface area contributed by atoms with Gasteiger partial charge in [0.05, 0.1) is 16.8 Å². The molecule has 0 spiro atoms. The van der Waals surface area contributed by atoms with Crippen LogP contribution in [0.2, 0.25) is 5.02 Å². The molecule has 0 bridgehead atoms. The Hall–Kier alpha value is -1.63. The van der Waals surface area contributed by atoms with Crippen LogP contribution in [-0.4, -0.2) is 36.7 Å². The summed E-state index contributed by atoms with van der Waals surface area (Å²) in [7, 11) is 1.57. The first kappa shape index (κ1) is 16.4. The van der Waals surface area contributed by atoms with E-state index in [0.717, 1.165) is 0 Å². The molecule has 1 unspecified atom stereocenters. The molecule has 1 amide bonds. The van der Waals surface area contributed by atoms with Crippen LogP contribution < -0.4 is 11.1 Å². The van der Waals surface area contributed by atoms with Crippen LogP contribution in [0.25, 0.3) is 0 Å². The molecular weight excluding hydrogens is 284 g/mol. The molecule has 1 rings (SSSR count). The molecule has 1 aromatic rings. The van der Waals surface area contributed by atoms with Gasteiger partial charge in [-0.3, -0.25) is 4.79 Å². The SMILES string of the molecule is COCCCC(N)C(=O)Nc1cccc(Cl)c1C(=O)O. The van der Waals surface area contributed by atoms with E-state index in [9.17, 15) is 9.59 Å². The van der Waals surface area contributed by atoms with Crippen LogP contribution in [0.1, 0.15) is 23.2 Å². The first-order valence-corrected chi connectivity index (χ1v) is 6.42. The molecular formula is C13H17ClN2O4. The van der Waals surface area contributed by atoms with Crippen LogP contribution >= 0.6 is 11.6 Å². The Kier molecular flexibility index (Phi) is 6.44. The number of halogens is 1. The first-order chi connectivity index (χ1) is 9.47. The second-order valence-corrected chi connectivity index (χ2v) is 4.61. The fraction of sp³-hybridized carbons (Fsp3) is 0.385. The number of carbonyl (C=O) groups is 2. The van der Waals surface area contributed by atoms with Crippen LogP contribution in [0.3, 0.4) is 0 Å². The lowest BCUT2D eigenvalue weighted by Crippen LogP contribution is -2.36. The fourth-order valence-electron chi connectivity index (χ4n) is 1.65. The van der Waals surface area contributed by atoms with Gasteiger partial charge in [-0.2, -0.15) is 0 Å². The van der Waals surface area contributed by atoms with Crippen molar-refractivity contribution in [1.82, 2.24) is 0 Å². The maximum Gasteiger partial charge on any atom is 0.339 e. The quantitative estimate of drug-likeness (QED) is 0.666. The van der Waals surface area contributed by atoms with Crippen molar-refractivity contribution in [3.8, 4) is 0 Å².